The molecule has 0 saturated heterocycles. The van der Waals surface area contributed by atoms with E-state index in [4.69, 9.17) is 11.6 Å². The minimum Gasteiger partial charge on any atom is -0.206 e. The third-order valence-electron chi connectivity index (χ3n) is 3.20. The van der Waals surface area contributed by atoms with Crippen LogP contribution < -0.4 is 0 Å². The molecule has 0 heterocycles. The standard InChI is InChI=1S/C15H11ClF/c16-13-9-8-10-4-3-6-11(10)15(13)12-5-1-2-7-14(12)17/h1-2,4-5,7-9H,3,6H2. The van der Waals surface area contributed by atoms with Crippen LogP contribution in [-0.4, -0.2) is 0 Å². The number of rotatable bonds is 1. The van der Waals surface area contributed by atoms with Crippen molar-refractivity contribution in [1.82, 2.24) is 0 Å². The molecular weight excluding hydrogens is 235 g/mol. The van der Waals surface area contributed by atoms with Crippen LogP contribution in [0.25, 0.3) is 11.1 Å². The third-order valence-corrected chi connectivity index (χ3v) is 3.52. The van der Waals surface area contributed by atoms with Gasteiger partial charge in [0.25, 0.3) is 0 Å². The molecule has 0 nitrogen and oxygen atoms in total. The lowest BCUT2D eigenvalue weighted by Crippen LogP contribution is -1.92. The zero-order chi connectivity index (χ0) is 11.8. The van der Waals surface area contributed by atoms with Crippen LogP contribution in [0.15, 0.2) is 36.4 Å². The van der Waals surface area contributed by atoms with Crippen LogP contribution in [0, 0.1) is 12.2 Å². The highest BCUT2D eigenvalue weighted by Crippen LogP contribution is 2.39. The first-order valence-corrected chi connectivity index (χ1v) is 6.04. The maximum atomic E-state index is 13.9. The van der Waals surface area contributed by atoms with Crippen LogP contribution in [0.3, 0.4) is 0 Å². The van der Waals surface area contributed by atoms with Crippen molar-refractivity contribution in [2.45, 2.75) is 12.8 Å². The number of fused-ring (bicyclic) bond motifs is 1. The highest BCUT2D eigenvalue weighted by Gasteiger charge is 2.20. The van der Waals surface area contributed by atoms with Crippen molar-refractivity contribution in [1.29, 1.82) is 0 Å². The Balaban J connectivity index is 2.28. The Morgan fingerprint density at radius 1 is 1.06 bits per heavy atom. The van der Waals surface area contributed by atoms with E-state index in [1.54, 1.807) is 12.1 Å². The fraction of sp³-hybridized carbons (Fsp3) is 0.133. The lowest BCUT2D eigenvalue weighted by atomic mass is 9.96. The summed E-state index contributed by atoms with van der Waals surface area (Å²) in [5, 5.41) is 0.629. The van der Waals surface area contributed by atoms with E-state index in [0.29, 0.717) is 10.6 Å². The van der Waals surface area contributed by atoms with Gasteiger partial charge in [-0.2, -0.15) is 0 Å². The first-order chi connectivity index (χ1) is 8.27. The van der Waals surface area contributed by atoms with Crippen molar-refractivity contribution < 1.29 is 4.39 Å². The topological polar surface area (TPSA) is 0 Å². The quantitative estimate of drug-likeness (QED) is 0.686. The van der Waals surface area contributed by atoms with Gasteiger partial charge in [-0.3, -0.25) is 0 Å². The Morgan fingerprint density at radius 3 is 2.71 bits per heavy atom. The maximum absolute atomic E-state index is 13.9. The number of hydrogen-bond donors (Lipinski definition) is 0. The van der Waals surface area contributed by atoms with Crippen molar-refractivity contribution in [2.75, 3.05) is 0 Å². The van der Waals surface area contributed by atoms with Gasteiger partial charge in [-0.15, -0.1) is 0 Å². The number of benzene rings is 2. The molecule has 0 aromatic heterocycles. The molecular formula is C15H11ClF. The van der Waals surface area contributed by atoms with E-state index in [9.17, 15) is 4.39 Å². The zero-order valence-corrected chi connectivity index (χ0v) is 9.97. The van der Waals surface area contributed by atoms with Gasteiger partial charge in [0, 0.05) is 16.1 Å². The van der Waals surface area contributed by atoms with Crippen LogP contribution in [0.5, 0.6) is 0 Å². The third kappa shape index (κ3) is 1.75. The smallest absolute Gasteiger partial charge is 0.131 e. The monoisotopic (exact) mass is 245 g/mol. The first-order valence-electron chi connectivity index (χ1n) is 5.67. The molecule has 85 valence electrons. The van der Waals surface area contributed by atoms with Gasteiger partial charge in [-0.25, -0.2) is 4.39 Å². The molecule has 0 unspecified atom stereocenters. The number of hydrogen-bond acceptors (Lipinski definition) is 0. The highest BCUT2D eigenvalue weighted by atomic mass is 35.5. The highest BCUT2D eigenvalue weighted by molar-refractivity contribution is 6.33. The van der Waals surface area contributed by atoms with E-state index in [-0.39, 0.29) is 5.82 Å². The molecule has 17 heavy (non-hydrogen) atoms. The van der Waals surface area contributed by atoms with Crippen molar-refractivity contribution in [2.24, 2.45) is 0 Å². The van der Waals surface area contributed by atoms with Crippen molar-refractivity contribution in [3.8, 4) is 11.1 Å². The van der Waals surface area contributed by atoms with Crippen molar-refractivity contribution in [3.63, 3.8) is 0 Å². The second-order valence-electron chi connectivity index (χ2n) is 4.21. The normalized spacial score (nSPS) is 13.8. The summed E-state index contributed by atoms with van der Waals surface area (Å²) >= 11 is 6.23. The van der Waals surface area contributed by atoms with Crippen LogP contribution in [0.2, 0.25) is 5.02 Å². The van der Waals surface area contributed by atoms with E-state index >= 15 is 0 Å². The second kappa shape index (κ2) is 4.15. The van der Waals surface area contributed by atoms with Gasteiger partial charge in [0.15, 0.2) is 0 Å². The fourth-order valence-electron chi connectivity index (χ4n) is 2.42. The van der Waals surface area contributed by atoms with Gasteiger partial charge in [-0.1, -0.05) is 35.9 Å². The molecule has 1 aliphatic carbocycles. The summed E-state index contributed by atoms with van der Waals surface area (Å²) in [4.78, 5) is 0. The average molecular weight is 246 g/mol. The van der Waals surface area contributed by atoms with Crippen LogP contribution in [0.1, 0.15) is 17.5 Å². The fourth-order valence-corrected chi connectivity index (χ4v) is 2.70. The van der Waals surface area contributed by atoms with Gasteiger partial charge in [0.05, 0.1) is 0 Å². The zero-order valence-electron chi connectivity index (χ0n) is 9.21. The summed E-state index contributed by atoms with van der Waals surface area (Å²) in [5.74, 6) is -0.213. The molecule has 0 spiro atoms. The Labute approximate surface area is 105 Å². The molecule has 0 saturated carbocycles. The molecule has 2 heteroatoms. The van der Waals surface area contributed by atoms with E-state index in [2.05, 4.69) is 6.42 Å². The number of halogens is 2. The van der Waals surface area contributed by atoms with Gasteiger partial charge in [0.2, 0.25) is 0 Å². The minimum absolute atomic E-state index is 0.213. The molecule has 0 N–H and O–H groups in total. The predicted octanol–water partition coefficient (Wildman–Crippen LogP) is 4.64. The summed E-state index contributed by atoms with van der Waals surface area (Å²) in [5.41, 5.74) is 3.82. The molecule has 0 aliphatic heterocycles. The van der Waals surface area contributed by atoms with Crippen LogP contribution in [-0.2, 0) is 6.42 Å². The van der Waals surface area contributed by atoms with Crippen molar-refractivity contribution in [3.05, 3.63) is 64.8 Å². The van der Waals surface area contributed by atoms with Crippen LogP contribution in [0.4, 0.5) is 4.39 Å². The summed E-state index contributed by atoms with van der Waals surface area (Å²) in [6, 6.07) is 10.7. The minimum atomic E-state index is -0.213. The Bertz CT molecular complexity index is 575. The molecule has 3 rings (SSSR count). The second-order valence-corrected chi connectivity index (χ2v) is 4.62. The van der Waals surface area contributed by atoms with Crippen molar-refractivity contribution >= 4 is 11.6 Å². The molecule has 1 aliphatic rings. The summed E-state index contributed by atoms with van der Waals surface area (Å²) in [7, 11) is 0. The predicted molar refractivity (Wildman–Crippen MR) is 68.6 cm³/mol. The van der Waals surface area contributed by atoms with Gasteiger partial charge in [-0.05, 0) is 42.5 Å². The van der Waals surface area contributed by atoms with E-state index < -0.39 is 0 Å². The average Bonchev–Trinajstić information content (AvgIpc) is 2.79. The van der Waals surface area contributed by atoms with E-state index in [1.165, 1.54) is 17.2 Å². The largest absolute Gasteiger partial charge is 0.206 e. The first kappa shape index (κ1) is 10.8. The summed E-state index contributed by atoms with van der Waals surface area (Å²) in [6.45, 7) is 0. The molecule has 0 bridgehead atoms. The Kier molecular flexibility index (Phi) is 2.64. The molecule has 0 atom stereocenters. The van der Waals surface area contributed by atoms with E-state index in [0.717, 1.165) is 18.4 Å². The summed E-state index contributed by atoms with van der Waals surface area (Å²) < 4.78 is 13.9. The summed E-state index contributed by atoms with van der Waals surface area (Å²) in [6.07, 6.45) is 4.13. The molecule has 2 aromatic rings. The molecule has 2 aromatic carbocycles. The molecule has 0 amide bonds. The molecule has 1 radical (unpaired) electrons. The van der Waals surface area contributed by atoms with Gasteiger partial charge >= 0.3 is 0 Å². The van der Waals surface area contributed by atoms with Gasteiger partial charge in [0.1, 0.15) is 5.82 Å². The molecule has 0 fully saturated rings. The Hall–Kier alpha value is -1.34. The SMILES string of the molecule is Fc1ccccc1-c1c(Cl)ccc2c1CC[CH]2. The maximum Gasteiger partial charge on any atom is 0.131 e. The van der Waals surface area contributed by atoms with E-state index in [1.807, 2.05) is 18.2 Å². The Morgan fingerprint density at radius 2 is 1.88 bits per heavy atom. The lowest BCUT2D eigenvalue weighted by Gasteiger charge is -2.11. The lowest BCUT2D eigenvalue weighted by molar-refractivity contribution is 0.631. The van der Waals surface area contributed by atoms with Crippen LogP contribution >= 0.6 is 11.6 Å². The van der Waals surface area contributed by atoms with Gasteiger partial charge < -0.3 is 0 Å².